The van der Waals surface area contributed by atoms with Crippen LogP contribution in [0.2, 0.25) is 0 Å². The van der Waals surface area contributed by atoms with Gasteiger partial charge in [-0.25, -0.2) is 0 Å². The Bertz CT molecular complexity index is 951. The number of carbonyl (C=O) groups is 1. The summed E-state index contributed by atoms with van der Waals surface area (Å²) in [5.74, 6) is 0.174. The van der Waals surface area contributed by atoms with E-state index in [1.165, 1.54) is 0 Å². The standard InChI is InChI=1S/C19H19N5O/c1-12-8-9-15-13(2)18(24-23-16(15)10-12)22-19(20)21-17(25)11-14-6-4-3-5-7-14/h3-10H,11H2,1-2H3,(H3,20,21,22,24,25). The van der Waals surface area contributed by atoms with Gasteiger partial charge in [0.05, 0.1) is 11.9 Å². The van der Waals surface area contributed by atoms with Crippen molar-refractivity contribution in [1.82, 2.24) is 15.5 Å². The Morgan fingerprint density at radius 3 is 2.64 bits per heavy atom. The predicted molar refractivity (Wildman–Crippen MR) is 98.6 cm³/mol. The Morgan fingerprint density at radius 2 is 1.88 bits per heavy atom. The van der Waals surface area contributed by atoms with Gasteiger partial charge in [-0.3, -0.25) is 10.1 Å². The molecule has 0 radical (unpaired) electrons. The van der Waals surface area contributed by atoms with E-state index < -0.39 is 0 Å². The average Bonchev–Trinajstić information content (AvgIpc) is 2.58. The number of benzene rings is 2. The van der Waals surface area contributed by atoms with Gasteiger partial charge >= 0.3 is 0 Å². The predicted octanol–water partition coefficient (Wildman–Crippen LogP) is 2.55. The molecule has 0 aliphatic rings. The molecule has 3 rings (SSSR count). The van der Waals surface area contributed by atoms with Crippen LogP contribution in [-0.4, -0.2) is 22.1 Å². The zero-order chi connectivity index (χ0) is 17.8. The summed E-state index contributed by atoms with van der Waals surface area (Å²) >= 11 is 0. The van der Waals surface area contributed by atoms with Crippen LogP contribution in [0.4, 0.5) is 5.82 Å². The highest BCUT2D eigenvalue weighted by atomic mass is 16.1. The summed E-state index contributed by atoms with van der Waals surface area (Å²) < 4.78 is 0. The Hall–Kier alpha value is -3.28. The van der Waals surface area contributed by atoms with Gasteiger partial charge in [0.15, 0.2) is 5.82 Å². The summed E-state index contributed by atoms with van der Waals surface area (Å²) in [7, 11) is 0. The van der Waals surface area contributed by atoms with Crippen LogP contribution < -0.4 is 11.1 Å². The number of nitrogens with two attached hydrogens (primary N) is 1. The second kappa shape index (κ2) is 7.09. The number of amides is 1. The first kappa shape index (κ1) is 16.6. The fraction of sp³-hybridized carbons (Fsp3) is 0.158. The monoisotopic (exact) mass is 333 g/mol. The number of nitrogens with one attached hydrogen (secondary N) is 1. The van der Waals surface area contributed by atoms with E-state index in [2.05, 4.69) is 20.5 Å². The summed E-state index contributed by atoms with van der Waals surface area (Å²) in [6.45, 7) is 3.91. The van der Waals surface area contributed by atoms with Gasteiger partial charge in [-0.2, -0.15) is 4.99 Å². The van der Waals surface area contributed by atoms with Crippen LogP contribution >= 0.6 is 0 Å². The highest BCUT2D eigenvalue weighted by Crippen LogP contribution is 2.23. The largest absolute Gasteiger partial charge is 0.369 e. The first-order valence-corrected chi connectivity index (χ1v) is 7.94. The number of aromatic nitrogens is 2. The maximum absolute atomic E-state index is 12.0. The third-order valence-corrected chi connectivity index (χ3v) is 3.85. The van der Waals surface area contributed by atoms with Crippen molar-refractivity contribution in [3.8, 4) is 0 Å². The summed E-state index contributed by atoms with van der Waals surface area (Å²) in [5, 5.41) is 11.8. The molecule has 0 saturated carbocycles. The lowest BCUT2D eigenvalue weighted by Gasteiger charge is -2.07. The van der Waals surface area contributed by atoms with Crippen LogP contribution in [0, 0.1) is 13.8 Å². The van der Waals surface area contributed by atoms with Gasteiger partial charge in [-0.1, -0.05) is 42.5 Å². The number of hydrogen-bond donors (Lipinski definition) is 2. The number of fused-ring (bicyclic) bond motifs is 1. The summed E-state index contributed by atoms with van der Waals surface area (Å²) in [6, 6.07) is 15.4. The van der Waals surface area contributed by atoms with E-state index in [-0.39, 0.29) is 18.3 Å². The topological polar surface area (TPSA) is 93.3 Å². The Labute approximate surface area is 145 Å². The highest BCUT2D eigenvalue weighted by Gasteiger charge is 2.09. The van der Waals surface area contributed by atoms with Gasteiger partial charge in [0, 0.05) is 10.9 Å². The van der Waals surface area contributed by atoms with E-state index in [0.717, 1.165) is 27.6 Å². The number of nitrogens with zero attached hydrogens (tertiary/aromatic N) is 3. The van der Waals surface area contributed by atoms with Crippen molar-refractivity contribution in [2.45, 2.75) is 20.3 Å². The summed E-state index contributed by atoms with van der Waals surface area (Å²) in [6.07, 6.45) is 0.235. The molecule has 25 heavy (non-hydrogen) atoms. The molecule has 0 unspecified atom stereocenters. The normalized spacial score (nSPS) is 11.5. The number of guanidine groups is 1. The minimum Gasteiger partial charge on any atom is -0.369 e. The van der Waals surface area contributed by atoms with E-state index in [0.29, 0.717) is 5.82 Å². The molecule has 2 aromatic carbocycles. The summed E-state index contributed by atoms with van der Waals surface area (Å²) in [4.78, 5) is 16.2. The number of carbonyl (C=O) groups excluding carboxylic acids is 1. The molecule has 0 spiro atoms. The molecular formula is C19H19N5O. The maximum atomic E-state index is 12.0. The van der Waals surface area contributed by atoms with Crippen LogP contribution in [0.15, 0.2) is 53.5 Å². The van der Waals surface area contributed by atoms with E-state index >= 15 is 0 Å². The lowest BCUT2D eigenvalue weighted by atomic mass is 10.1. The number of aryl methyl sites for hydroxylation is 2. The quantitative estimate of drug-likeness (QED) is 0.569. The second-order valence-corrected chi connectivity index (χ2v) is 5.88. The summed E-state index contributed by atoms with van der Waals surface area (Å²) in [5.41, 5.74) is 9.55. The van der Waals surface area contributed by atoms with Gasteiger partial charge in [0.1, 0.15) is 0 Å². The first-order chi connectivity index (χ1) is 12.0. The maximum Gasteiger partial charge on any atom is 0.231 e. The van der Waals surface area contributed by atoms with Crippen LogP contribution in [0.5, 0.6) is 0 Å². The van der Waals surface area contributed by atoms with Crippen molar-refractivity contribution < 1.29 is 4.79 Å². The fourth-order valence-electron chi connectivity index (χ4n) is 2.55. The van der Waals surface area contributed by atoms with E-state index in [9.17, 15) is 4.79 Å². The van der Waals surface area contributed by atoms with E-state index in [1.54, 1.807) is 0 Å². The van der Waals surface area contributed by atoms with Crippen LogP contribution in [0.1, 0.15) is 16.7 Å². The van der Waals surface area contributed by atoms with Gasteiger partial charge in [-0.15, -0.1) is 10.2 Å². The molecule has 0 aliphatic heterocycles. The third kappa shape index (κ3) is 3.98. The third-order valence-electron chi connectivity index (χ3n) is 3.85. The van der Waals surface area contributed by atoms with Crippen LogP contribution in [-0.2, 0) is 11.2 Å². The molecule has 1 aromatic heterocycles. The van der Waals surface area contributed by atoms with Crippen molar-refractivity contribution in [3.05, 3.63) is 65.2 Å². The number of aliphatic imine (C=N–C) groups is 1. The molecule has 3 aromatic rings. The molecule has 1 heterocycles. The van der Waals surface area contributed by atoms with Crippen LogP contribution in [0.25, 0.3) is 10.9 Å². The molecule has 0 bridgehead atoms. The highest BCUT2D eigenvalue weighted by molar-refractivity contribution is 5.98. The molecule has 1 amide bonds. The van der Waals surface area contributed by atoms with Gasteiger partial charge in [-0.05, 0) is 31.0 Å². The average molecular weight is 333 g/mol. The SMILES string of the molecule is Cc1ccc2c(C)c(N=C(N)NC(=O)Cc3ccccc3)nnc2c1. The van der Waals surface area contributed by atoms with E-state index in [4.69, 9.17) is 5.73 Å². The van der Waals surface area contributed by atoms with Crippen molar-refractivity contribution in [2.75, 3.05) is 0 Å². The van der Waals surface area contributed by atoms with Gasteiger partial charge in [0.25, 0.3) is 0 Å². The first-order valence-electron chi connectivity index (χ1n) is 7.94. The number of hydrogen-bond acceptors (Lipinski definition) is 4. The molecule has 3 N–H and O–H groups in total. The fourth-order valence-corrected chi connectivity index (χ4v) is 2.55. The van der Waals surface area contributed by atoms with Crippen LogP contribution in [0.3, 0.4) is 0 Å². The van der Waals surface area contributed by atoms with E-state index in [1.807, 2.05) is 62.4 Å². The smallest absolute Gasteiger partial charge is 0.231 e. The Kier molecular flexibility index (Phi) is 4.70. The van der Waals surface area contributed by atoms with Crippen molar-refractivity contribution in [2.24, 2.45) is 10.7 Å². The van der Waals surface area contributed by atoms with Crippen molar-refractivity contribution in [1.29, 1.82) is 0 Å². The molecule has 0 aliphatic carbocycles. The molecular weight excluding hydrogens is 314 g/mol. The molecule has 0 atom stereocenters. The van der Waals surface area contributed by atoms with Crippen molar-refractivity contribution in [3.63, 3.8) is 0 Å². The number of rotatable bonds is 3. The van der Waals surface area contributed by atoms with Gasteiger partial charge in [0.2, 0.25) is 11.9 Å². The lowest BCUT2D eigenvalue weighted by molar-refractivity contribution is -0.119. The zero-order valence-corrected chi connectivity index (χ0v) is 14.2. The molecule has 0 fully saturated rings. The zero-order valence-electron chi connectivity index (χ0n) is 14.2. The molecule has 6 heteroatoms. The Morgan fingerprint density at radius 1 is 1.12 bits per heavy atom. The van der Waals surface area contributed by atoms with Crippen molar-refractivity contribution >= 4 is 28.6 Å². The Balaban J connectivity index is 1.78. The lowest BCUT2D eigenvalue weighted by Crippen LogP contribution is -2.37. The minimum absolute atomic E-state index is 0.00444. The molecule has 126 valence electrons. The molecule has 6 nitrogen and oxygen atoms in total. The van der Waals surface area contributed by atoms with Gasteiger partial charge < -0.3 is 5.73 Å². The second-order valence-electron chi connectivity index (χ2n) is 5.88. The minimum atomic E-state index is -0.227. The molecule has 0 saturated heterocycles.